The van der Waals surface area contributed by atoms with E-state index in [1.54, 1.807) is 0 Å². The third-order valence-electron chi connectivity index (χ3n) is 7.78. The van der Waals surface area contributed by atoms with E-state index in [0.29, 0.717) is 18.4 Å². The predicted octanol–water partition coefficient (Wildman–Crippen LogP) is 4.07. The lowest BCUT2D eigenvalue weighted by Crippen LogP contribution is -2.44. The van der Waals surface area contributed by atoms with Crippen molar-refractivity contribution in [3.8, 4) is 0 Å². The molecule has 6 nitrogen and oxygen atoms in total. The molecule has 1 saturated carbocycles. The minimum absolute atomic E-state index is 0.162. The summed E-state index contributed by atoms with van der Waals surface area (Å²) in [5, 5.41) is 0. The van der Waals surface area contributed by atoms with Gasteiger partial charge in [0.2, 0.25) is 11.8 Å². The van der Waals surface area contributed by atoms with Gasteiger partial charge in [0.05, 0.1) is 0 Å². The van der Waals surface area contributed by atoms with E-state index in [2.05, 4.69) is 24.0 Å². The van der Waals surface area contributed by atoms with E-state index in [-0.39, 0.29) is 17.7 Å². The predicted molar refractivity (Wildman–Crippen MR) is 120 cm³/mol. The average molecular weight is 423 g/mol. The van der Waals surface area contributed by atoms with Crippen LogP contribution < -0.4 is 4.90 Å². The van der Waals surface area contributed by atoms with Crippen LogP contribution in [-0.2, 0) is 16.0 Å². The quantitative estimate of drug-likeness (QED) is 0.689. The Morgan fingerprint density at radius 3 is 2.48 bits per heavy atom. The molecule has 166 valence electrons. The number of nitrogens with zero attached hydrogens (tertiary/aromatic N) is 4. The smallest absolute Gasteiger partial charge is 0.228 e. The molecule has 6 heteroatoms. The Balaban J connectivity index is 1.32. The maximum Gasteiger partial charge on any atom is 0.228 e. The number of rotatable bonds is 3. The molecule has 2 aliphatic carbocycles. The van der Waals surface area contributed by atoms with Crippen molar-refractivity contribution < 1.29 is 9.59 Å². The van der Waals surface area contributed by atoms with Gasteiger partial charge in [-0.1, -0.05) is 25.0 Å². The summed E-state index contributed by atoms with van der Waals surface area (Å²) in [6, 6.07) is 0.303. The standard InChI is InChI=1S/C25H34N4O2/c1-17-21-11-12-22(30)29(20-9-5-6-10-20)24(21)27-23(26-17)18-13-15-28(16-14-18)25(31)19-7-3-2-4-8-19/h2-3,18-20H,4-16H2,1H3. The summed E-state index contributed by atoms with van der Waals surface area (Å²) in [7, 11) is 0. The van der Waals surface area contributed by atoms with Crippen LogP contribution in [0.5, 0.6) is 0 Å². The summed E-state index contributed by atoms with van der Waals surface area (Å²) in [4.78, 5) is 39.7. The summed E-state index contributed by atoms with van der Waals surface area (Å²) >= 11 is 0. The van der Waals surface area contributed by atoms with E-state index in [4.69, 9.17) is 9.97 Å². The second kappa shape index (κ2) is 8.71. The Morgan fingerprint density at radius 1 is 1.00 bits per heavy atom. The van der Waals surface area contributed by atoms with Crippen molar-refractivity contribution in [2.45, 2.75) is 89.5 Å². The minimum Gasteiger partial charge on any atom is -0.342 e. The van der Waals surface area contributed by atoms with Crippen molar-refractivity contribution in [2.75, 3.05) is 18.0 Å². The monoisotopic (exact) mass is 422 g/mol. The number of hydrogen-bond acceptors (Lipinski definition) is 4. The second-order valence-electron chi connectivity index (χ2n) is 9.75. The molecule has 1 aromatic heterocycles. The first kappa shape index (κ1) is 20.7. The SMILES string of the molecule is Cc1nc(C2CCN(C(=O)C3CC=CCC3)CC2)nc2c1CCC(=O)N2C1CCCC1. The molecule has 2 amide bonds. The van der Waals surface area contributed by atoms with E-state index in [1.807, 2.05) is 4.90 Å². The molecule has 0 spiro atoms. The van der Waals surface area contributed by atoms with Gasteiger partial charge in [-0.15, -0.1) is 0 Å². The molecule has 31 heavy (non-hydrogen) atoms. The van der Waals surface area contributed by atoms with Crippen LogP contribution >= 0.6 is 0 Å². The van der Waals surface area contributed by atoms with Crippen LogP contribution in [0.15, 0.2) is 12.2 Å². The zero-order chi connectivity index (χ0) is 21.4. The number of hydrogen-bond donors (Lipinski definition) is 0. The molecule has 5 rings (SSSR count). The Kier molecular flexibility index (Phi) is 5.81. The number of aromatic nitrogens is 2. The van der Waals surface area contributed by atoms with Gasteiger partial charge >= 0.3 is 0 Å². The van der Waals surface area contributed by atoms with Gasteiger partial charge in [0.15, 0.2) is 0 Å². The lowest BCUT2D eigenvalue weighted by atomic mass is 9.90. The van der Waals surface area contributed by atoms with Crippen molar-refractivity contribution in [1.29, 1.82) is 0 Å². The fourth-order valence-electron chi connectivity index (χ4n) is 5.92. The van der Waals surface area contributed by atoms with Gasteiger partial charge in [-0.3, -0.25) is 14.5 Å². The van der Waals surface area contributed by atoms with Gasteiger partial charge in [-0.25, -0.2) is 9.97 Å². The van der Waals surface area contributed by atoms with Gasteiger partial charge in [0.25, 0.3) is 0 Å². The topological polar surface area (TPSA) is 66.4 Å². The van der Waals surface area contributed by atoms with Crippen molar-refractivity contribution in [3.05, 3.63) is 29.2 Å². The first-order valence-corrected chi connectivity index (χ1v) is 12.2. The van der Waals surface area contributed by atoms with Crippen molar-refractivity contribution in [1.82, 2.24) is 14.9 Å². The van der Waals surface area contributed by atoms with Crippen LogP contribution in [0.3, 0.4) is 0 Å². The molecule has 0 aromatic carbocycles. The molecular weight excluding hydrogens is 388 g/mol. The number of anilines is 1. The van der Waals surface area contributed by atoms with Gasteiger partial charge in [0, 0.05) is 48.6 Å². The molecule has 0 N–H and O–H groups in total. The number of fused-ring (bicyclic) bond motifs is 1. The van der Waals surface area contributed by atoms with Crippen LogP contribution in [0, 0.1) is 12.8 Å². The van der Waals surface area contributed by atoms with Crippen molar-refractivity contribution in [3.63, 3.8) is 0 Å². The largest absolute Gasteiger partial charge is 0.342 e. The van der Waals surface area contributed by atoms with Crippen LogP contribution in [-0.4, -0.2) is 45.8 Å². The summed E-state index contributed by atoms with van der Waals surface area (Å²) in [5.74, 6) is 2.74. The van der Waals surface area contributed by atoms with Gasteiger partial charge in [0.1, 0.15) is 11.6 Å². The zero-order valence-corrected chi connectivity index (χ0v) is 18.7. The summed E-state index contributed by atoms with van der Waals surface area (Å²) in [5.41, 5.74) is 2.19. The van der Waals surface area contributed by atoms with Crippen LogP contribution in [0.2, 0.25) is 0 Å². The van der Waals surface area contributed by atoms with E-state index < -0.39 is 0 Å². The number of carbonyl (C=O) groups is 2. The number of piperidine rings is 1. The maximum atomic E-state index is 12.9. The summed E-state index contributed by atoms with van der Waals surface area (Å²) in [6.45, 7) is 3.64. The average Bonchev–Trinajstić information content (AvgIpc) is 3.33. The fraction of sp³-hybridized carbons (Fsp3) is 0.680. The molecule has 2 aliphatic heterocycles. The Morgan fingerprint density at radius 2 is 1.77 bits per heavy atom. The van der Waals surface area contributed by atoms with Gasteiger partial charge < -0.3 is 4.90 Å². The molecule has 0 radical (unpaired) electrons. The number of aryl methyl sites for hydroxylation is 1. The molecule has 4 aliphatic rings. The number of likely N-dealkylation sites (tertiary alicyclic amines) is 1. The zero-order valence-electron chi connectivity index (χ0n) is 18.7. The van der Waals surface area contributed by atoms with E-state index in [9.17, 15) is 9.59 Å². The molecule has 1 aromatic rings. The van der Waals surface area contributed by atoms with E-state index >= 15 is 0 Å². The minimum atomic E-state index is 0.162. The number of allylic oxidation sites excluding steroid dienone is 2. The van der Waals surface area contributed by atoms with Gasteiger partial charge in [-0.2, -0.15) is 0 Å². The Labute approximate surface area is 185 Å². The normalized spacial score (nSPS) is 25.2. The molecule has 3 heterocycles. The molecule has 0 bridgehead atoms. The number of carbonyl (C=O) groups excluding carboxylic acids is 2. The van der Waals surface area contributed by atoms with Crippen molar-refractivity contribution in [2.24, 2.45) is 5.92 Å². The molecule has 1 unspecified atom stereocenters. The first-order valence-electron chi connectivity index (χ1n) is 12.2. The highest BCUT2D eigenvalue weighted by Crippen LogP contribution is 2.37. The highest BCUT2D eigenvalue weighted by Gasteiger charge is 2.36. The highest BCUT2D eigenvalue weighted by atomic mass is 16.2. The lowest BCUT2D eigenvalue weighted by molar-refractivity contribution is -0.136. The summed E-state index contributed by atoms with van der Waals surface area (Å²) < 4.78 is 0. The molecule has 1 saturated heterocycles. The maximum absolute atomic E-state index is 12.9. The summed E-state index contributed by atoms with van der Waals surface area (Å²) in [6.07, 6.45) is 14.9. The van der Waals surface area contributed by atoms with E-state index in [0.717, 1.165) is 87.4 Å². The number of amides is 2. The first-order chi connectivity index (χ1) is 15.1. The lowest BCUT2D eigenvalue weighted by Gasteiger charge is -2.36. The van der Waals surface area contributed by atoms with E-state index in [1.165, 1.54) is 12.8 Å². The molecule has 2 fully saturated rings. The Hall–Kier alpha value is -2.24. The van der Waals surface area contributed by atoms with Crippen molar-refractivity contribution >= 4 is 17.6 Å². The highest BCUT2D eigenvalue weighted by molar-refractivity contribution is 5.96. The second-order valence-corrected chi connectivity index (χ2v) is 9.75. The fourth-order valence-corrected chi connectivity index (χ4v) is 5.92. The van der Waals surface area contributed by atoms with Gasteiger partial charge in [-0.05, 0) is 58.3 Å². The Bertz CT molecular complexity index is 882. The molecular formula is C25H34N4O2. The van der Waals surface area contributed by atoms with Crippen LogP contribution in [0.4, 0.5) is 5.82 Å². The third kappa shape index (κ3) is 4.01. The van der Waals surface area contributed by atoms with Crippen LogP contribution in [0.1, 0.15) is 87.2 Å². The third-order valence-corrected chi connectivity index (χ3v) is 7.78. The van der Waals surface area contributed by atoms with Crippen LogP contribution in [0.25, 0.3) is 0 Å². The molecule has 1 atom stereocenters.